The molecular formula is C15H20N4OS. The van der Waals surface area contributed by atoms with E-state index in [2.05, 4.69) is 27.9 Å². The van der Waals surface area contributed by atoms with E-state index in [1.54, 1.807) is 17.5 Å². The highest BCUT2D eigenvalue weighted by atomic mass is 32.1. The van der Waals surface area contributed by atoms with Crippen LogP contribution in [0.1, 0.15) is 30.7 Å². The van der Waals surface area contributed by atoms with Crippen LogP contribution in [0.3, 0.4) is 0 Å². The van der Waals surface area contributed by atoms with E-state index in [4.69, 9.17) is 0 Å². The number of nitrogens with one attached hydrogen (secondary N) is 1. The predicted molar refractivity (Wildman–Crippen MR) is 83.2 cm³/mol. The van der Waals surface area contributed by atoms with Gasteiger partial charge in [0, 0.05) is 29.9 Å². The van der Waals surface area contributed by atoms with Gasteiger partial charge in [0.2, 0.25) is 0 Å². The third kappa shape index (κ3) is 3.26. The fourth-order valence-electron chi connectivity index (χ4n) is 2.81. The Kier molecular flexibility index (Phi) is 4.24. The molecule has 1 saturated heterocycles. The fourth-order valence-corrected chi connectivity index (χ4v) is 3.69. The van der Waals surface area contributed by atoms with Crippen molar-refractivity contribution in [2.24, 2.45) is 0 Å². The third-order valence-electron chi connectivity index (χ3n) is 3.78. The van der Waals surface area contributed by atoms with Crippen molar-refractivity contribution in [3.05, 3.63) is 40.8 Å². The third-order valence-corrected chi connectivity index (χ3v) is 4.75. The highest BCUT2D eigenvalue weighted by Crippen LogP contribution is 2.34. The van der Waals surface area contributed by atoms with Crippen molar-refractivity contribution in [3.63, 3.8) is 0 Å². The first-order chi connectivity index (χ1) is 10.2. The summed E-state index contributed by atoms with van der Waals surface area (Å²) < 4.78 is 1.84. The van der Waals surface area contributed by atoms with Gasteiger partial charge in [-0.3, -0.25) is 4.68 Å². The molecule has 6 heteroatoms. The van der Waals surface area contributed by atoms with Gasteiger partial charge in [-0.1, -0.05) is 6.07 Å². The summed E-state index contributed by atoms with van der Waals surface area (Å²) in [5.74, 6) is 0. The number of likely N-dealkylation sites (tertiary alicyclic amines) is 1. The van der Waals surface area contributed by atoms with Crippen molar-refractivity contribution in [1.82, 2.24) is 20.0 Å². The molecule has 1 N–H and O–H groups in total. The minimum atomic E-state index is 0.0329. The number of urea groups is 1. The average Bonchev–Trinajstić information content (AvgIpc) is 3.20. The number of hydrogen-bond acceptors (Lipinski definition) is 3. The summed E-state index contributed by atoms with van der Waals surface area (Å²) in [5, 5.41) is 9.33. The first-order valence-electron chi connectivity index (χ1n) is 7.32. The molecule has 1 aliphatic heterocycles. The number of amides is 2. The van der Waals surface area contributed by atoms with E-state index in [0.717, 1.165) is 19.4 Å². The van der Waals surface area contributed by atoms with Crippen molar-refractivity contribution in [2.45, 2.75) is 38.4 Å². The quantitative estimate of drug-likeness (QED) is 0.944. The standard InChI is InChI=1S/C15H20N4OS/c1-12(11-18-8-4-7-16-18)17-15(20)19-9-2-5-13(19)14-6-3-10-21-14/h3-4,6-8,10,12-13H,2,5,9,11H2,1H3,(H,17,20)/t12-,13-/m1/s1. The maximum absolute atomic E-state index is 12.5. The zero-order valence-corrected chi connectivity index (χ0v) is 12.9. The lowest BCUT2D eigenvalue weighted by Crippen LogP contribution is -2.44. The lowest BCUT2D eigenvalue weighted by Gasteiger charge is -2.26. The number of carbonyl (C=O) groups is 1. The molecule has 0 spiro atoms. The molecule has 112 valence electrons. The van der Waals surface area contributed by atoms with Crippen LogP contribution in [0, 0.1) is 0 Å². The normalized spacial score (nSPS) is 19.7. The Labute approximate surface area is 128 Å². The molecule has 1 aliphatic rings. The van der Waals surface area contributed by atoms with Crippen LogP contribution in [0.25, 0.3) is 0 Å². The van der Waals surface area contributed by atoms with Crippen molar-refractivity contribution < 1.29 is 4.79 Å². The smallest absolute Gasteiger partial charge is 0.318 e. The molecule has 2 aromatic rings. The van der Waals surface area contributed by atoms with E-state index in [9.17, 15) is 4.79 Å². The van der Waals surface area contributed by atoms with Gasteiger partial charge in [-0.15, -0.1) is 11.3 Å². The number of aromatic nitrogens is 2. The highest BCUT2D eigenvalue weighted by Gasteiger charge is 2.31. The summed E-state index contributed by atoms with van der Waals surface area (Å²) in [6.07, 6.45) is 5.79. The molecule has 0 radical (unpaired) electrons. The van der Waals surface area contributed by atoms with Crippen molar-refractivity contribution in [2.75, 3.05) is 6.54 Å². The first-order valence-corrected chi connectivity index (χ1v) is 8.20. The van der Waals surface area contributed by atoms with Crippen LogP contribution < -0.4 is 5.32 Å². The van der Waals surface area contributed by atoms with Gasteiger partial charge >= 0.3 is 6.03 Å². The molecular weight excluding hydrogens is 284 g/mol. The molecule has 0 aliphatic carbocycles. The van der Waals surface area contributed by atoms with E-state index in [-0.39, 0.29) is 18.1 Å². The number of rotatable bonds is 4. The molecule has 0 saturated carbocycles. The van der Waals surface area contributed by atoms with Gasteiger partial charge in [-0.25, -0.2) is 4.79 Å². The molecule has 5 nitrogen and oxygen atoms in total. The maximum Gasteiger partial charge on any atom is 0.318 e. The van der Waals surface area contributed by atoms with Gasteiger partial charge in [-0.05, 0) is 37.3 Å². The van der Waals surface area contributed by atoms with E-state index in [1.165, 1.54) is 4.88 Å². The second-order valence-electron chi connectivity index (χ2n) is 5.45. The first kappa shape index (κ1) is 14.1. The van der Waals surface area contributed by atoms with Crippen LogP contribution in [0.4, 0.5) is 4.79 Å². The summed E-state index contributed by atoms with van der Waals surface area (Å²) in [4.78, 5) is 15.7. The molecule has 3 rings (SSSR count). The summed E-state index contributed by atoms with van der Waals surface area (Å²) in [5.41, 5.74) is 0. The lowest BCUT2D eigenvalue weighted by atomic mass is 10.2. The van der Waals surface area contributed by atoms with Gasteiger partial charge in [0.05, 0.1) is 12.6 Å². The van der Waals surface area contributed by atoms with E-state index in [1.807, 2.05) is 28.8 Å². The fraction of sp³-hybridized carbons (Fsp3) is 0.467. The van der Waals surface area contributed by atoms with Crippen molar-refractivity contribution in [1.29, 1.82) is 0 Å². The average molecular weight is 304 g/mol. The van der Waals surface area contributed by atoms with Gasteiger partial charge in [0.25, 0.3) is 0 Å². The number of carbonyl (C=O) groups excluding carboxylic acids is 1. The minimum absolute atomic E-state index is 0.0329. The molecule has 0 unspecified atom stereocenters. The number of nitrogens with zero attached hydrogens (tertiary/aromatic N) is 3. The van der Waals surface area contributed by atoms with Gasteiger partial charge in [-0.2, -0.15) is 5.10 Å². The Morgan fingerprint density at radius 1 is 1.57 bits per heavy atom. The highest BCUT2D eigenvalue weighted by molar-refractivity contribution is 7.10. The molecule has 2 amide bonds. The second kappa shape index (κ2) is 6.30. The lowest BCUT2D eigenvalue weighted by molar-refractivity contribution is 0.189. The molecule has 2 atom stereocenters. The van der Waals surface area contributed by atoms with Crippen LogP contribution in [-0.4, -0.2) is 33.3 Å². The Morgan fingerprint density at radius 2 is 2.48 bits per heavy atom. The predicted octanol–water partition coefficient (Wildman–Crippen LogP) is 2.88. The Morgan fingerprint density at radius 3 is 3.19 bits per heavy atom. The summed E-state index contributed by atoms with van der Waals surface area (Å²) in [6, 6.07) is 6.39. The minimum Gasteiger partial charge on any atom is -0.334 e. The van der Waals surface area contributed by atoms with Crippen LogP contribution in [-0.2, 0) is 6.54 Å². The topological polar surface area (TPSA) is 50.2 Å². The summed E-state index contributed by atoms with van der Waals surface area (Å²) in [7, 11) is 0. The monoisotopic (exact) mass is 304 g/mol. The van der Waals surface area contributed by atoms with Gasteiger partial charge in [0.15, 0.2) is 0 Å². The van der Waals surface area contributed by atoms with Crippen molar-refractivity contribution >= 4 is 17.4 Å². The van der Waals surface area contributed by atoms with Gasteiger partial charge < -0.3 is 10.2 Å². The van der Waals surface area contributed by atoms with Crippen LogP contribution in [0.15, 0.2) is 36.0 Å². The zero-order chi connectivity index (χ0) is 14.7. The van der Waals surface area contributed by atoms with E-state index < -0.39 is 0 Å². The van der Waals surface area contributed by atoms with Crippen LogP contribution >= 0.6 is 11.3 Å². The zero-order valence-electron chi connectivity index (χ0n) is 12.1. The number of thiophene rings is 1. The summed E-state index contributed by atoms with van der Waals surface area (Å²) in [6.45, 7) is 3.54. The van der Waals surface area contributed by atoms with Crippen molar-refractivity contribution in [3.8, 4) is 0 Å². The largest absolute Gasteiger partial charge is 0.334 e. The Balaban J connectivity index is 1.59. The number of hydrogen-bond donors (Lipinski definition) is 1. The van der Waals surface area contributed by atoms with Crippen LogP contribution in [0.5, 0.6) is 0 Å². The molecule has 0 aromatic carbocycles. The van der Waals surface area contributed by atoms with Gasteiger partial charge in [0.1, 0.15) is 0 Å². The second-order valence-corrected chi connectivity index (χ2v) is 6.42. The Hall–Kier alpha value is -1.82. The molecule has 2 aromatic heterocycles. The Bertz CT molecular complexity index is 567. The SMILES string of the molecule is C[C@H](Cn1cccn1)NC(=O)N1CCC[C@@H]1c1cccs1. The molecule has 0 bridgehead atoms. The molecule has 21 heavy (non-hydrogen) atoms. The van der Waals surface area contributed by atoms with Crippen LogP contribution in [0.2, 0.25) is 0 Å². The summed E-state index contributed by atoms with van der Waals surface area (Å²) >= 11 is 1.73. The van der Waals surface area contributed by atoms with E-state index >= 15 is 0 Å². The molecule has 1 fully saturated rings. The van der Waals surface area contributed by atoms with E-state index in [0.29, 0.717) is 6.54 Å². The molecule has 3 heterocycles. The maximum atomic E-state index is 12.5.